The maximum absolute atomic E-state index is 12.4. The van der Waals surface area contributed by atoms with E-state index in [0.717, 1.165) is 5.56 Å². The van der Waals surface area contributed by atoms with E-state index in [0.29, 0.717) is 11.3 Å². The van der Waals surface area contributed by atoms with Crippen LogP contribution < -0.4 is 20.5 Å². The van der Waals surface area contributed by atoms with Gasteiger partial charge in [-0.1, -0.05) is 29.8 Å². The molecule has 7 heteroatoms. The van der Waals surface area contributed by atoms with Crippen molar-refractivity contribution in [2.24, 2.45) is 5.73 Å². The third-order valence-corrected chi connectivity index (χ3v) is 3.52. The summed E-state index contributed by atoms with van der Waals surface area (Å²) in [5, 5.41) is 2.95. The van der Waals surface area contributed by atoms with Crippen LogP contribution in [0.15, 0.2) is 36.4 Å². The Morgan fingerprint density at radius 3 is 2.58 bits per heavy atom. The molecule has 6 nitrogen and oxygen atoms in total. The van der Waals surface area contributed by atoms with Crippen LogP contribution >= 0.6 is 11.6 Å². The number of aryl methyl sites for hydroxylation is 1. The molecule has 0 aliphatic carbocycles. The Bertz CT molecular complexity index is 777. The van der Waals surface area contributed by atoms with Gasteiger partial charge in [0, 0.05) is 11.3 Å². The van der Waals surface area contributed by atoms with Crippen molar-refractivity contribution in [2.45, 2.75) is 6.92 Å². The van der Waals surface area contributed by atoms with Crippen molar-refractivity contribution in [3.05, 3.63) is 52.5 Å². The summed E-state index contributed by atoms with van der Waals surface area (Å²) in [6.45, 7) is 1.55. The molecule has 0 saturated heterocycles. The Morgan fingerprint density at radius 2 is 1.96 bits per heavy atom. The zero-order valence-electron chi connectivity index (χ0n) is 13.3. The molecule has 24 heavy (non-hydrogen) atoms. The van der Waals surface area contributed by atoms with E-state index in [1.165, 1.54) is 19.2 Å². The lowest BCUT2D eigenvalue weighted by Gasteiger charge is -2.14. The van der Waals surface area contributed by atoms with Crippen LogP contribution in [0.1, 0.15) is 15.9 Å². The molecule has 3 N–H and O–H groups in total. The number of halogens is 1. The maximum Gasteiger partial charge on any atom is 0.255 e. The molecule has 0 atom stereocenters. The van der Waals surface area contributed by atoms with Crippen LogP contribution in [0.5, 0.6) is 11.5 Å². The van der Waals surface area contributed by atoms with Gasteiger partial charge in [-0.3, -0.25) is 9.59 Å². The number of hydrogen-bond acceptors (Lipinski definition) is 4. The lowest BCUT2D eigenvalue weighted by atomic mass is 10.1. The Morgan fingerprint density at radius 1 is 1.25 bits per heavy atom. The van der Waals surface area contributed by atoms with Gasteiger partial charge in [0.05, 0.1) is 12.1 Å². The molecule has 2 aromatic carbocycles. The molecule has 0 spiro atoms. The average Bonchev–Trinajstić information content (AvgIpc) is 2.54. The Balaban J connectivity index is 2.27. The van der Waals surface area contributed by atoms with Crippen LogP contribution in [-0.2, 0) is 4.79 Å². The van der Waals surface area contributed by atoms with Gasteiger partial charge in [0.15, 0.2) is 18.1 Å². The summed E-state index contributed by atoms with van der Waals surface area (Å²) in [5.74, 6) is -0.593. The molecule has 0 unspecified atom stereocenters. The average molecular weight is 349 g/mol. The van der Waals surface area contributed by atoms with Crippen LogP contribution in [0.2, 0.25) is 5.02 Å². The number of para-hydroxylation sites is 1. The van der Waals surface area contributed by atoms with Gasteiger partial charge < -0.3 is 20.5 Å². The fraction of sp³-hybridized carbons (Fsp3) is 0.176. The quantitative estimate of drug-likeness (QED) is 0.839. The van der Waals surface area contributed by atoms with Crippen molar-refractivity contribution in [3.63, 3.8) is 0 Å². The molecule has 0 fully saturated rings. The largest absolute Gasteiger partial charge is 0.493 e. The first kappa shape index (κ1) is 17.6. The monoisotopic (exact) mass is 348 g/mol. The van der Waals surface area contributed by atoms with Crippen molar-refractivity contribution in [1.82, 2.24) is 0 Å². The standard InChI is InChI=1S/C17H17ClN2O4/c1-10-5-3-4-6-13(10)20-17(22)11-7-12(18)16(14(8-11)23-2)24-9-15(19)21/h3-8H,9H2,1-2H3,(H2,19,21)(H,20,22). The summed E-state index contributed by atoms with van der Waals surface area (Å²) in [7, 11) is 1.41. The molecule has 0 radical (unpaired) electrons. The van der Waals surface area contributed by atoms with E-state index in [-0.39, 0.29) is 29.0 Å². The molecular formula is C17H17ClN2O4. The topological polar surface area (TPSA) is 90.7 Å². The van der Waals surface area contributed by atoms with Gasteiger partial charge in [0.2, 0.25) is 0 Å². The summed E-state index contributed by atoms with van der Waals surface area (Å²) in [6.07, 6.45) is 0. The van der Waals surface area contributed by atoms with Crippen LogP contribution in [0, 0.1) is 6.92 Å². The number of methoxy groups -OCH3 is 1. The number of ether oxygens (including phenoxy) is 2. The first-order chi connectivity index (χ1) is 11.4. The zero-order chi connectivity index (χ0) is 17.7. The number of anilines is 1. The predicted octanol–water partition coefficient (Wildman–Crippen LogP) is 2.77. The SMILES string of the molecule is COc1cc(C(=O)Nc2ccccc2C)cc(Cl)c1OCC(N)=O. The Hall–Kier alpha value is -2.73. The lowest BCUT2D eigenvalue weighted by molar-refractivity contribution is -0.119. The number of primary amides is 1. The molecule has 0 aromatic heterocycles. The van der Waals surface area contributed by atoms with Crippen molar-refractivity contribution in [2.75, 3.05) is 19.0 Å². The predicted molar refractivity (Wildman–Crippen MR) is 91.8 cm³/mol. The van der Waals surface area contributed by atoms with Crippen molar-refractivity contribution in [3.8, 4) is 11.5 Å². The first-order valence-corrected chi connectivity index (χ1v) is 7.45. The van der Waals surface area contributed by atoms with E-state index in [1.807, 2.05) is 25.1 Å². The maximum atomic E-state index is 12.4. The summed E-state index contributed by atoms with van der Waals surface area (Å²) in [6, 6.07) is 10.3. The van der Waals surface area contributed by atoms with E-state index < -0.39 is 5.91 Å². The molecule has 0 heterocycles. The number of hydrogen-bond donors (Lipinski definition) is 2. The number of benzene rings is 2. The minimum Gasteiger partial charge on any atom is -0.493 e. The van der Waals surface area contributed by atoms with Gasteiger partial charge in [0.1, 0.15) is 0 Å². The molecule has 0 saturated carbocycles. The highest BCUT2D eigenvalue weighted by Crippen LogP contribution is 2.36. The second-order valence-corrected chi connectivity index (χ2v) is 5.42. The highest BCUT2D eigenvalue weighted by Gasteiger charge is 2.17. The molecule has 0 aliphatic rings. The van der Waals surface area contributed by atoms with Gasteiger partial charge in [-0.2, -0.15) is 0 Å². The minimum absolute atomic E-state index is 0.144. The smallest absolute Gasteiger partial charge is 0.255 e. The summed E-state index contributed by atoms with van der Waals surface area (Å²) >= 11 is 6.14. The molecule has 2 rings (SSSR count). The Kier molecular flexibility index (Phi) is 5.65. The number of nitrogens with two attached hydrogens (primary N) is 1. The van der Waals surface area contributed by atoms with Gasteiger partial charge in [-0.25, -0.2) is 0 Å². The molecule has 0 aliphatic heterocycles. The van der Waals surface area contributed by atoms with Crippen LogP contribution in [0.3, 0.4) is 0 Å². The third-order valence-electron chi connectivity index (χ3n) is 3.24. The number of nitrogens with one attached hydrogen (secondary N) is 1. The van der Waals surface area contributed by atoms with E-state index in [2.05, 4.69) is 5.32 Å². The summed E-state index contributed by atoms with van der Waals surface area (Å²) in [5.41, 5.74) is 6.98. The second-order valence-electron chi connectivity index (χ2n) is 5.01. The molecular weight excluding hydrogens is 332 g/mol. The van der Waals surface area contributed by atoms with Gasteiger partial charge in [-0.15, -0.1) is 0 Å². The van der Waals surface area contributed by atoms with E-state index in [9.17, 15) is 9.59 Å². The highest BCUT2D eigenvalue weighted by molar-refractivity contribution is 6.32. The fourth-order valence-electron chi connectivity index (χ4n) is 2.04. The van der Waals surface area contributed by atoms with Gasteiger partial charge in [0.25, 0.3) is 11.8 Å². The minimum atomic E-state index is -0.644. The number of carbonyl (C=O) groups is 2. The number of rotatable bonds is 6. The van der Waals surface area contributed by atoms with Crippen molar-refractivity contribution in [1.29, 1.82) is 0 Å². The summed E-state index contributed by atoms with van der Waals surface area (Å²) in [4.78, 5) is 23.3. The Labute approximate surface area is 144 Å². The fourth-order valence-corrected chi connectivity index (χ4v) is 2.31. The third kappa shape index (κ3) is 4.17. The van der Waals surface area contributed by atoms with E-state index in [1.54, 1.807) is 6.07 Å². The van der Waals surface area contributed by atoms with Crippen molar-refractivity contribution >= 4 is 29.1 Å². The molecule has 126 valence electrons. The number of amides is 2. The normalized spacial score (nSPS) is 10.1. The summed E-state index contributed by atoms with van der Waals surface area (Å²) < 4.78 is 10.4. The number of carbonyl (C=O) groups excluding carboxylic acids is 2. The second kappa shape index (κ2) is 7.70. The van der Waals surface area contributed by atoms with Gasteiger partial charge >= 0.3 is 0 Å². The van der Waals surface area contributed by atoms with Gasteiger partial charge in [-0.05, 0) is 30.7 Å². The van der Waals surface area contributed by atoms with Crippen LogP contribution in [0.4, 0.5) is 5.69 Å². The van der Waals surface area contributed by atoms with E-state index >= 15 is 0 Å². The van der Waals surface area contributed by atoms with Crippen LogP contribution in [-0.4, -0.2) is 25.5 Å². The molecule has 0 bridgehead atoms. The molecule has 2 aromatic rings. The van der Waals surface area contributed by atoms with E-state index in [4.69, 9.17) is 26.8 Å². The van der Waals surface area contributed by atoms with Crippen LogP contribution in [0.25, 0.3) is 0 Å². The van der Waals surface area contributed by atoms with Crippen molar-refractivity contribution < 1.29 is 19.1 Å². The highest BCUT2D eigenvalue weighted by atomic mass is 35.5. The zero-order valence-corrected chi connectivity index (χ0v) is 14.0. The lowest BCUT2D eigenvalue weighted by Crippen LogP contribution is -2.20. The first-order valence-electron chi connectivity index (χ1n) is 7.08. The molecule has 2 amide bonds.